The Hall–Kier alpha value is -1.82. The Kier molecular flexibility index (Phi) is 3.72. The molecule has 0 aromatic heterocycles. The van der Waals surface area contributed by atoms with Gasteiger partial charge >= 0.3 is 12.1 Å². The summed E-state index contributed by atoms with van der Waals surface area (Å²) in [6.07, 6.45) is -4.92. The van der Waals surface area contributed by atoms with Crippen LogP contribution in [0.15, 0.2) is 48.5 Å². The van der Waals surface area contributed by atoms with E-state index in [1.54, 1.807) is 24.3 Å². The maximum atomic E-state index is 12.6. The number of hydrogen-bond acceptors (Lipinski definition) is 2. The second-order valence-electron chi connectivity index (χ2n) is 4.93. The number of rotatable bonds is 2. The molecule has 6 heteroatoms. The minimum Gasteiger partial charge on any atom is -0.452 e. The highest BCUT2D eigenvalue weighted by molar-refractivity contribution is 9.09. The molecule has 0 bridgehead atoms. The first-order valence-corrected chi connectivity index (χ1v) is 7.40. The van der Waals surface area contributed by atoms with Crippen molar-refractivity contribution in [1.29, 1.82) is 0 Å². The second kappa shape index (κ2) is 5.43. The third-order valence-corrected chi connectivity index (χ3v) is 4.55. The van der Waals surface area contributed by atoms with E-state index in [0.717, 1.165) is 17.7 Å². The summed E-state index contributed by atoms with van der Waals surface area (Å²) in [5, 5.41) is 0. The molecular formula is C16H10BrF3O2. The lowest BCUT2D eigenvalue weighted by Crippen LogP contribution is -2.08. The Balaban J connectivity index is 1.89. The molecule has 114 valence electrons. The van der Waals surface area contributed by atoms with Gasteiger partial charge in [-0.3, -0.25) is 0 Å². The number of benzene rings is 2. The van der Waals surface area contributed by atoms with Gasteiger partial charge in [-0.2, -0.15) is 13.2 Å². The number of carbonyl (C=O) groups is 1. The average molecular weight is 371 g/mol. The van der Waals surface area contributed by atoms with E-state index in [9.17, 15) is 18.0 Å². The molecule has 2 atom stereocenters. The molecule has 2 aromatic rings. The highest BCUT2D eigenvalue weighted by Gasteiger charge is 2.36. The maximum Gasteiger partial charge on any atom is 0.416 e. The van der Waals surface area contributed by atoms with Crippen LogP contribution in [0.3, 0.4) is 0 Å². The first-order valence-electron chi connectivity index (χ1n) is 6.49. The molecule has 0 N–H and O–H groups in total. The van der Waals surface area contributed by atoms with Crippen molar-refractivity contribution in [3.63, 3.8) is 0 Å². The van der Waals surface area contributed by atoms with Crippen molar-refractivity contribution >= 4 is 21.9 Å². The number of esters is 1. The molecule has 2 unspecified atom stereocenters. The standard InChI is InChI=1S/C16H10BrF3O2/c17-13(9-5-7-10(8-6-9)16(18,19)20)14-11-3-1-2-4-12(11)15(21)22-14/h1-8,13-14H. The fourth-order valence-corrected chi connectivity index (χ4v) is 3.12. The van der Waals surface area contributed by atoms with Gasteiger partial charge in [0.2, 0.25) is 0 Å². The Labute approximate surface area is 133 Å². The Morgan fingerprint density at radius 1 is 1.05 bits per heavy atom. The smallest absolute Gasteiger partial charge is 0.416 e. The largest absolute Gasteiger partial charge is 0.452 e. The molecule has 2 aromatic carbocycles. The van der Waals surface area contributed by atoms with E-state index in [-0.39, 0.29) is 0 Å². The van der Waals surface area contributed by atoms with Gasteiger partial charge in [0.25, 0.3) is 0 Å². The zero-order valence-corrected chi connectivity index (χ0v) is 12.7. The molecule has 0 amide bonds. The Morgan fingerprint density at radius 3 is 2.32 bits per heavy atom. The van der Waals surface area contributed by atoms with Gasteiger partial charge in [0.1, 0.15) is 6.10 Å². The highest BCUT2D eigenvalue weighted by Crippen LogP contribution is 2.44. The summed E-state index contributed by atoms with van der Waals surface area (Å²) in [4.78, 5) is 11.4. The number of cyclic esters (lactones) is 1. The lowest BCUT2D eigenvalue weighted by molar-refractivity contribution is -0.137. The third-order valence-electron chi connectivity index (χ3n) is 3.54. The van der Waals surface area contributed by atoms with Crippen LogP contribution >= 0.6 is 15.9 Å². The Bertz CT molecular complexity index is 710. The molecule has 1 aliphatic heterocycles. The molecule has 1 aliphatic rings. The number of fused-ring (bicyclic) bond motifs is 1. The Morgan fingerprint density at radius 2 is 1.68 bits per heavy atom. The predicted octanol–water partition coefficient (Wildman–Crippen LogP) is 5.05. The van der Waals surface area contributed by atoms with Crippen LogP contribution in [0.5, 0.6) is 0 Å². The van der Waals surface area contributed by atoms with E-state index >= 15 is 0 Å². The first-order chi connectivity index (χ1) is 10.4. The summed E-state index contributed by atoms with van der Waals surface area (Å²) >= 11 is 3.43. The summed E-state index contributed by atoms with van der Waals surface area (Å²) in [5.41, 5.74) is 1.13. The molecule has 0 fully saturated rings. The van der Waals surface area contributed by atoms with E-state index < -0.39 is 28.6 Å². The van der Waals surface area contributed by atoms with E-state index in [2.05, 4.69) is 15.9 Å². The quantitative estimate of drug-likeness (QED) is 0.545. The topological polar surface area (TPSA) is 26.3 Å². The van der Waals surface area contributed by atoms with Crippen LogP contribution in [-0.2, 0) is 10.9 Å². The number of carbonyl (C=O) groups excluding carboxylic acids is 1. The van der Waals surface area contributed by atoms with Gasteiger partial charge in [-0.05, 0) is 23.8 Å². The zero-order chi connectivity index (χ0) is 15.9. The molecule has 0 spiro atoms. The summed E-state index contributed by atoms with van der Waals surface area (Å²) in [7, 11) is 0. The highest BCUT2D eigenvalue weighted by atomic mass is 79.9. The molecule has 3 rings (SSSR count). The molecule has 0 radical (unpaired) electrons. The zero-order valence-electron chi connectivity index (χ0n) is 11.1. The SMILES string of the molecule is O=C1OC(C(Br)c2ccc(C(F)(F)F)cc2)c2ccccc21. The monoisotopic (exact) mass is 370 g/mol. The molecule has 0 aliphatic carbocycles. The number of halogens is 4. The molecular weight excluding hydrogens is 361 g/mol. The van der Waals surface area contributed by atoms with E-state index in [4.69, 9.17) is 4.74 Å². The minimum absolute atomic E-state index is 0.414. The van der Waals surface area contributed by atoms with Crippen molar-refractivity contribution < 1.29 is 22.7 Å². The van der Waals surface area contributed by atoms with Crippen molar-refractivity contribution in [2.24, 2.45) is 0 Å². The van der Waals surface area contributed by atoms with Gasteiger partial charge in [-0.15, -0.1) is 0 Å². The van der Waals surface area contributed by atoms with Gasteiger partial charge in [0.05, 0.1) is 16.0 Å². The van der Waals surface area contributed by atoms with Gasteiger partial charge in [-0.1, -0.05) is 46.3 Å². The van der Waals surface area contributed by atoms with Crippen molar-refractivity contribution in [1.82, 2.24) is 0 Å². The van der Waals surface area contributed by atoms with Crippen LogP contribution in [0.25, 0.3) is 0 Å². The van der Waals surface area contributed by atoms with Gasteiger partial charge in [0, 0.05) is 5.56 Å². The van der Waals surface area contributed by atoms with Crippen molar-refractivity contribution in [3.8, 4) is 0 Å². The van der Waals surface area contributed by atoms with Crippen LogP contribution in [0, 0.1) is 0 Å². The van der Waals surface area contributed by atoms with E-state index in [1.807, 2.05) is 0 Å². The lowest BCUT2D eigenvalue weighted by Gasteiger charge is -2.18. The molecule has 22 heavy (non-hydrogen) atoms. The summed E-state index contributed by atoms with van der Waals surface area (Å²) in [5.74, 6) is -0.419. The lowest BCUT2D eigenvalue weighted by atomic mass is 9.98. The van der Waals surface area contributed by atoms with Crippen LogP contribution in [0.2, 0.25) is 0 Å². The summed E-state index contributed by atoms with van der Waals surface area (Å²) < 4.78 is 43.1. The van der Waals surface area contributed by atoms with Crippen LogP contribution in [-0.4, -0.2) is 5.97 Å². The maximum absolute atomic E-state index is 12.6. The van der Waals surface area contributed by atoms with E-state index in [1.165, 1.54) is 12.1 Å². The van der Waals surface area contributed by atoms with Gasteiger partial charge in [0.15, 0.2) is 0 Å². The third kappa shape index (κ3) is 2.63. The van der Waals surface area contributed by atoms with Crippen molar-refractivity contribution in [3.05, 3.63) is 70.8 Å². The van der Waals surface area contributed by atoms with Crippen molar-refractivity contribution in [2.45, 2.75) is 17.1 Å². The van der Waals surface area contributed by atoms with Gasteiger partial charge in [-0.25, -0.2) is 4.79 Å². The van der Waals surface area contributed by atoms with Crippen LogP contribution in [0.4, 0.5) is 13.2 Å². The van der Waals surface area contributed by atoms with E-state index in [0.29, 0.717) is 11.1 Å². The molecule has 0 saturated heterocycles. The fourth-order valence-electron chi connectivity index (χ4n) is 2.42. The average Bonchev–Trinajstić information content (AvgIpc) is 2.83. The predicted molar refractivity (Wildman–Crippen MR) is 77.7 cm³/mol. The second-order valence-corrected chi connectivity index (χ2v) is 5.92. The van der Waals surface area contributed by atoms with Crippen LogP contribution < -0.4 is 0 Å². The number of hydrogen-bond donors (Lipinski definition) is 0. The fraction of sp³-hybridized carbons (Fsp3) is 0.188. The first kappa shape index (κ1) is 15.1. The minimum atomic E-state index is -4.37. The van der Waals surface area contributed by atoms with Gasteiger partial charge < -0.3 is 4.74 Å². The molecule has 1 heterocycles. The van der Waals surface area contributed by atoms with Crippen molar-refractivity contribution in [2.75, 3.05) is 0 Å². The summed E-state index contributed by atoms with van der Waals surface area (Å²) in [6, 6.07) is 11.8. The summed E-state index contributed by atoms with van der Waals surface area (Å²) in [6.45, 7) is 0. The van der Waals surface area contributed by atoms with Crippen LogP contribution in [0.1, 0.15) is 38.0 Å². The molecule has 0 saturated carbocycles. The normalized spacial score (nSPS) is 18.7. The number of alkyl halides is 4. The molecule has 2 nitrogen and oxygen atoms in total. The number of ether oxygens (including phenoxy) is 1.